The third-order valence-corrected chi connectivity index (χ3v) is 5.45. The van der Waals surface area contributed by atoms with Gasteiger partial charge in [0.1, 0.15) is 11.6 Å². The number of hydrogen-bond donors (Lipinski definition) is 1. The normalized spacial score (nSPS) is 10.6. The average molecular weight is 464 g/mol. The molecule has 0 aromatic heterocycles. The van der Waals surface area contributed by atoms with Gasteiger partial charge in [0.2, 0.25) is 5.91 Å². The molecule has 0 unspecified atom stereocenters. The monoisotopic (exact) mass is 463 g/mol. The Hall–Kier alpha value is -3.67. The van der Waals surface area contributed by atoms with E-state index in [4.69, 9.17) is 9.84 Å². The molecule has 178 valence electrons. The lowest BCUT2D eigenvalue weighted by atomic mass is 10.0. The Morgan fingerprint density at radius 3 is 2.21 bits per heavy atom. The third-order valence-electron chi connectivity index (χ3n) is 5.45. The van der Waals surface area contributed by atoms with Crippen LogP contribution in [0.25, 0.3) is 11.1 Å². The molecular weight excluding hydrogens is 433 g/mol. The summed E-state index contributed by atoms with van der Waals surface area (Å²) < 4.78 is 19.4. The van der Waals surface area contributed by atoms with Crippen LogP contribution in [0.2, 0.25) is 0 Å². The van der Waals surface area contributed by atoms with Crippen molar-refractivity contribution in [1.82, 2.24) is 0 Å². The van der Waals surface area contributed by atoms with Crippen LogP contribution in [0, 0.1) is 5.82 Å². The molecule has 0 aliphatic carbocycles. The van der Waals surface area contributed by atoms with Crippen molar-refractivity contribution in [2.45, 2.75) is 45.6 Å². The van der Waals surface area contributed by atoms with Gasteiger partial charge in [-0.25, -0.2) is 4.39 Å². The number of ether oxygens (including phenoxy) is 1. The summed E-state index contributed by atoms with van der Waals surface area (Å²) in [7, 11) is 0. The fourth-order valence-corrected chi connectivity index (χ4v) is 3.57. The largest absolute Gasteiger partial charge is 0.494 e. The first kappa shape index (κ1) is 25.0. The van der Waals surface area contributed by atoms with E-state index in [0.717, 1.165) is 29.5 Å². The van der Waals surface area contributed by atoms with Crippen LogP contribution in [-0.4, -0.2) is 23.6 Å². The SMILES string of the molecule is CCCCC(=O)N(Cc1ccc(-c2ccc(OCCCC(=O)O)cc2)cc1)c1cccc(F)c1. The second kappa shape index (κ2) is 12.5. The topological polar surface area (TPSA) is 66.8 Å². The van der Waals surface area contributed by atoms with Crippen molar-refractivity contribution >= 4 is 17.6 Å². The molecule has 0 heterocycles. The van der Waals surface area contributed by atoms with Gasteiger partial charge in [-0.3, -0.25) is 9.59 Å². The second-order valence-electron chi connectivity index (χ2n) is 8.13. The highest BCUT2D eigenvalue weighted by Crippen LogP contribution is 2.25. The number of nitrogens with zero attached hydrogens (tertiary/aromatic N) is 1. The minimum Gasteiger partial charge on any atom is -0.494 e. The van der Waals surface area contributed by atoms with Gasteiger partial charge >= 0.3 is 5.97 Å². The molecule has 0 bridgehead atoms. The quantitative estimate of drug-likeness (QED) is 0.313. The third kappa shape index (κ3) is 7.44. The molecule has 0 aliphatic rings. The van der Waals surface area contributed by atoms with Crippen LogP contribution in [0.15, 0.2) is 72.8 Å². The average Bonchev–Trinajstić information content (AvgIpc) is 2.84. The predicted octanol–water partition coefficient (Wildman–Crippen LogP) is 6.46. The first-order valence-corrected chi connectivity index (χ1v) is 11.6. The molecule has 0 radical (unpaired) electrons. The van der Waals surface area contributed by atoms with E-state index in [1.54, 1.807) is 17.0 Å². The summed E-state index contributed by atoms with van der Waals surface area (Å²) in [4.78, 5) is 25.0. The van der Waals surface area contributed by atoms with Crippen molar-refractivity contribution in [1.29, 1.82) is 0 Å². The van der Waals surface area contributed by atoms with E-state index < -0.39 is 5.97 Å². The number of carboxylic acids is 1. The maximum absolute atomic E-state index is 13.8. The minimum atomic E-state index is -0.827. The number of benzene rings is 3. The molecule has 6 heteroatoms. The number of carboxylic acid groups (broad SMARTS) is 1. The predicted molar refractivity (Wildman–Crippen MR) is 131 cm³/mol. The van der Waals surface area contributed by atoms with Crippen LogP contribution in [0.4, 0.5) is 10.1 Å². The van der Waals surface area contributed by atoms with E-state index in [2.05, 4.69) is 0 Å². The Kier molecular flexibility index (Phi) is 9.21. The van der Waals surface area contributed by atoms with Crippen LogP contribution in [0.1, 0.15) is 44.6 Å². The van der Waals surface area contributed by atoms with Gasteiger partial charge in [-0.1, -0.05) is 55.8 Å². The number of aliphatic carboxylic acids is 1. The lowest BCUT2D eigenvalue weighted by Gasteiger charge is -2.23. The van der Waals surface area contributed by atoms with Crippen LogP contribution >= 0.6 is 0 Å². The number of carbonyl (C=O) groups excluding carboxylic acids is 1. The fourth-order valence-electron chi connectivity index (χ4n) is 3.57. The van der Waals surface area contributed by atoms with E-state index in [9.17, 15) is 14.0 Å². The van der Waals surface area contributed by atoms with Gasteiger partial charge in [0.25, 0.3) is 0 Å². The Labute approximate surface area is 199 Å². The molecule has 1 amide bonds. The van der Waals surface area contributed by atoms with E-state index in [1.807, 2.05) is 55.5 Å². The summed E-state index contributed by atoms with van der Waals surface area (Å²) in [6.07, 6.45) is 2.69. The Morgan fingerprint density at radius 1 is 0.912 bits per heavy atom. The highest BCUT2D eigenvalue weighted by atomic mass is 19.1. The number of amides is 1. The van der Waals surface area contributed by atoms with E-state index >= 15 is 0 Å². The number of hydrogen-bond acceptors (Lipinski definition) is 3. The zero-order chi connectivity index (χ0) is 24.3. The van der Waals surface area contributed by atoms with E-state index in [0.29, 0.717) is 37.4 Å². The van der Waals surface area contributed by atoms with Crippen LogP contribution in [-0.2, 0) is 16.1 Å². The van der Waals surface area contributed by atoms with Gasteiger partial charge in [-0.2, -0.15) is 0 Å². The van der Waals surface area contributed by atoms with Gasteiger partial charge in [0, 0.05) is 18.5 Å². The van der Waals surface area contributed by atoms with Crippen LogP contribution in [0.5, 0.6) is 5.75 Å². The summed E-state index contributed by atoms with van der Waals surface area (Å²) in [6.45, 7) is 2.77. The highest BCUT2D eigenvalue weighted by molar-refractivity contribution is 5.93. The summed E-state index contributed by atoms with van der Waals surface area (Å²) in [6, 6.07) is 21.7. The lowest BCUT2D eigenvalue weighted by molar-refractivity contribution is -0.137. The molecular formula is C28H30FNO4. The molecule has 3 aromatic rings. The van der Waals surface area contributed by atoms with Crippen molar-refractivity contribution < 1.29 is 23.8 Å². The molecule has 0 atom stereocenters. The van der Waals surface area contributed by atoms with Crippen LogP contribution < -0.4 is 9.64 Å². The van der Waals surface area contributed by atoms with Gasteiger partial charge < -0.3 is 14.7 Å². The molecule has 3 aromatic carbocycles. The Balaban J connectivity index is 1.67. The van der Waals surface area contributed by atoms with Gasteiger partial charge in [0.15, 0.2) is 0 Å². The number of rotatable bonds is 12. The van der Waals surface area contributed by atoms with Crippen molar-refractivity contribution in [2.24, 2.45) is 0 Å². The van der Waals surface area contributed by atoms with Gasteiger partial charge in [0.05, 0.1) is 13.2 Å². The summed E-state index contributed by atoms with van der Waals surface area (Å²) >= 11 is 0. The first-order chi connectivity index (χ1) is 16.5. The van der Waals surface area contributed by atoms with Crippen LogP contribution in [0.3, 0.4) is 0 Å². The van der Waals surface area contributed by atoms with Gasteiger partial charge in [-0.15, -0.1) is 0 Å². The highest BCUT2D eigenvalue weighted by Gasteiger charge is 2.16. The maximum atomic E-state index is 13.8. The fraction of sp³-hybridized carbons (Fsp3) is 0.286. The Morgan fingerprint density at radius 2 is 1.59 bits per heavy atom. The molecule has 3 rings (SSSR count). The van der Waals surface area contributed by atoms with Crippen molar-refractivity contribution in [2.75, 3.05) is 11.5 Å². The van der Waals surface area contributed by atoms with E-state index in [-0.39, 0.29) is 18.1 Å². The smallest absolute Gasteiger partial charge is 0.303 e. The molecule has 0 saturated heterocycles. The first-order valence-electron chi connectivity index (χ1n) is 11.6. The second-order valence-corrected chi connectivity index (χ2v) is 8.13. The summed E-state index contributed by atoms with van der Waals surface area (Å²) in [5, 5.41) is 8.68. The molecule has 5 nitrogen and oxygen atoms in total. The zero-order valence-corrected chi connectivity index (χ0v) is 19.4. The molecule has 0 spiro atoms. The number of carbonyl (C=O) groups is 2. The van der Waals surface area contributed by atoms with E-state index in [1.165, 1.54) is 12.1 Å². The minimum absolute atomic E-state index is 0.0181. The molecule has 0 saturated carbocycles. The maximum Gasteiger partial charge on any atom is 0.303 e. The van der Waals surface area contributed by atoms with Gasteiger partial charge in [-0.05, 0) is 59.9 Å². The molecule has 34 heavy (non-hydrogen) atoms. The molecule has 1 N–H and O–H groups in total. The Bertz CT molecular complexity index is 1080. The van der Waals surface area contributed by atoms with Crippen molar-refractivity contribution in [3.8, 4) is 16.9 Å². The standard InChI is InChI=1S/C28H30FNO4/c1-2-3-8-27(31)30(25-7-4-6-24(29)19-25)20-21-10-12-22(13-11-21)23-14-16-26(17-15-23)34-18-5-9-28(32)33/h4,6-7,10-17,19H,2-3,5,8-9,18,20H2,1H3,(H,32,33). The zero-order valence-electron chi connectivity index (χ0n) is 19.4. The summed E-state index contributed by atoms with van der Waals surface area (Å²) in [5.74, 6) is -0.514. The molecule has 0 fully saturated rings. The lowest BCUT2D eigenvalue weighted by Crippen LogP contribution is -2.30. The number of anilines is 1. The van der Waals surface area contributed by atoms with Crippen molar-refractivity contribution in [3.63, 3.8) is 0 Å². The summed E-state index contributed by atoms with van der Waals surface area (Å²) in [5.41, 5.74) is 3.56. The number of unbranched alkanes of at least 4 members (excludes halogenated alkanes) is 1. The van der Waals surface area contributed by atoms with Crippen molar-refractivity contribution in [3.05, 3.63) is 84.2 Å². The number of halogens is 1. The molecule has 0 aliphatic heterocycles.